The van der Waals surface area contributed by atoms with E-state index in [0.29, 0.717) is 0 Å². The quantitative estimate of drug-likeness (QED) is 0.686. The molecule has 1 rings (SSSR count). The van der Waals surface area contributed by atoms with Gasteiger partial charge in [0.15, 0.2) is 0 Å². The number of aryl methyl sites for hydroxylation is 2. The van der Waals surface area contributed by atoms with Crippen LogP contribution in [0.5, 0.6) is 5.75 Å². The highest BCUT2D eigenvalue weighted by Gasteiger charge is 2.39. The van der Waals surface area contributed by atoms with Crippen LogP contribution < -0.4 is 4.43 Å². The van der Waals surface area contributed by atoms with E-state index < -0.39 is 8.32 Å². The van der Waals surface area contributed by atoms with Gasteiger partial charge in [0, 0.05) is 0 Å². The number of hydrogen-bond acceptors (Lipinski definition) is 1. The number of benzene rings is 1. The molecule has 0 bridgehead atoms. The van der Waals surface area contributed by atoms with Gasteiger partial charge in [0.1, 0.15) is 5.75 Å². The molecule has 1 nitrogen and oxygen atoms in total. The zero-order valence-electron chi connectivity index (χ0n) is 12.1. The third-order valence-corrected chi connectivity index (χ3v) is 8.10. The maximum Gasteiger partial charge on any atom is 0.250 e. The van der Waals surface area contributed by atoms with Gasteiger partial charge in [-0.3, -0.25) is 0 Å². The topological polar surface area (TPSA) is 9.23 Å². The third-order valence-electron chi connectivity index (χ3n) is 3.75. The van der Waals surface area contributed by atoms with Crippen molar-refractivity contribution >= 4 is 8.32 Å². The summed E-state index contributed by atoms with van der Waals surface area (Å²) in [5.74, 6) is 0.959. The minimum atomic E-state index is -1.75. The Bertz CT molecular complexity index is 390. The van der Waals surface area contributed by atoms with Gasteiger partial charge in [0.25, 0.3) is 0 Å². The van der Waals surface area contributed by atoms with Crippen LogP contribution in [0, 0.1) is 20.8 Å². The summed E-state index contributed by atoms with van der Waals surface area (Å²) in [6, 6.07) is 4.09. The molecule has 2 heteroatoms. The molecule has 0 fully saturated rings. The van der Waals surface area contributed by atoms with Crippen LogP contribution in [0.25, 0.3) is 0 Å². The summed E-state index contributed by atoms with van der Waals surface area (Å²) in [6.07, 6.45) is 0. The molecule has 0 aliphatic rings. The Morgan fingerprint density at radius 1 is 1.06 bits per heavy atom. The summed E-state index contributed by atoms with van der Waals surface area (Å²) in [6.45, 7) is 21.3. The minimum Gasteiger partial charge on any atom is -0.543 e. The lowest BCUT2D eigenvalue weighted by Crippen LogP contribution is -2.43. The molecule has 0 spiro atoms. The van der Waals surface area contributed by atoms with E-state index in [9.17, 15) is 0 Å². The first-order chi connectivity index (χ1) is 7.54. The van der Waals surface area contributed by atoms with Crippen LogP contribution in [0.4, 0.5) is 0 Å². The SMILES string of the molecule is [CH]c1c(C)cc(O[Si](C)(C)C(C)(C)C)cc1C. The molecular weight excluding hydrogens is 224 g/mol. The molecule has 0 aromatic heterocycles. The fraction of sp³-hybridized carbons (Fsp3) is 0.533. The Labute approximate surface area is 107 Å². The second kappa shape index (κ2) is 4.49. The maximum absolute atomic E-state index is 6.27. The normalized spacial score (nSPS) is 12.7. The van der Waals surface area contributed by atoms with Crippen LogP contribution in [0.2, 0.25) is 18.1 Å². The van der Waals surface area contributed by atoms with E-state index in [2.05, 4.69) is 33.9 Å². The highest BCUT2D eigenvalue weighted by Crippen LogP contribution is 2.37. The average Bonchev–Trinajstić information content (AvgIpc) is 2.11. The van der Waals surface area contributed by atoms with Crippen molar-refractivity contribution < 1.29 is 4.43 Å². The molecule has 17 heavy (non-hydrogen) atoms. The van der Waals surface area contributed by atoms with E-state index in [1.165, 1.54) is 0 Å². The second-order valence-corrected chi connectivity index (χ2v) is 11.1. The Morgan fingerprint density at radius 3 is 1.82 bits per heavy atom. The molecule has 94 valence electrons. The third kappa shape index (κ3) is 3.12. The monoisotopic (exact) mass is 248 g/mol. The molecule has 0 aliphatic carbocycles. The summed E-state index contributed by atoms with van der Waals surface area (Å²) in [7, 11) is -1.75. The van der Waals surface area contributed by atoms with Crippen molar-refractivity contribution in [3.63, 3.8) is 0 Å². The molecule has 0 heterocycles. The lowest BCUT2D eigenvalue weighted by atomic mass is 10.0. The fourth-order valence-corrected chi connectivity index (χ4v) is 2.45. The lowest BCUT2D eigenvalue weighted by molar-refractivity contribution is 0.491. The smallest absolute Gasteiger partial charge is 0.250 e. The number of rotatable bonds is 2. The first-order valence-electron chi connectivity index (χ1n) is 6.10. The van der Waals surface area contributed by atoms with Crippen molar-refractivity contribution in [1.82, 2.24) is 0 Å². The Morgan fingerprint density at radius 2 is 1.47 bits per heavy atom. The van der Waals surface area contributed by atoms with Gasteiger partial charge in [-0.1, -0.05) is 20.8 Å². The van der Waals surface area contributed by atoms with Crippen LogP contribution in [0.15, 0.2) is 12.1 Å². The van der Waals surface area contributed by atoms with Crippen LogP contribution in [0.3, 0.4) is 0 Å². The lowest BCUT2D eigenvalue weighted by Gasteiger charge is -2.36. The van der Waals surface area contributed by atoms with E-state index in [1.807, 2.05) is 26.0 Å². The average molecular weight is 248 g/mol. The molecule has 0 unspecified atom stereocenters. The van der Waals surface area contributed by atoms with Crippen LogP contribution in [-0.2, 0) is 0 Å². The fourth-order valence-electron chi connectivity index (χ4n) is 1.44. The maximum atomic E-state index is 6.27. The van der Waals surface area contributed by atoms with Gasteiger partial charge in [-0.15, -0.1) is 0 Å². The van der Waals surface area contributed by atoms with Gasteiger partial charge in [0.2, 0.25) is 8.32 Å². The predicted molar refractivity (Wildman–Crippen MR) is 77.1 cm³/mol. The molecule has 2 radical (unpaired) electrons. The summed E-state index contributed by atoms with van der Waals surface area (Å²) in [5.41, 5.74) is 3.06. The minimum absolute atomic E-state index is 0.218. The second-order valence-electron chi connectivity index (χ2n) is 6.33. The van der Waals surface area contributed by atoms with E-state index in [4.69, 9.17) is 11.3 Å². The van der Waals surface area contributed by atoms with Gasteiger partial charge in [-0.2, -0.15) is 0 Å². The Hall–Kier alpha value is -0.763. The Balaban J connectivity index is 3.05. The van der Waals surface area contributed by atoms with E-state index in [1.54, 1.807) is 0 Å². The van der Waals surface area contributed by atoms with Crippen molar-refractivity contribution in [3.05, 3.63) is 35.7 Å². The zero-order valence-corrected chi connectivity index (χ0v) is 13.1. The molecule has 0 aliphatic heterocycles. The molecule has 0 saturated heterocycles. The standard InChI is InChI=1S/C15H24OSi/c1-11-9-14(10-12(2)13(11)3)16-17(7,8)15(4,5)6/h3,9-10H,1-2,4-8H3. The van der Waals surface area contributed by atoms with Crippen molar-refractivity contribution in [3.8, 4) is 5.75 Å². The highest BCUT2D eigenvalue weighted by atomic mass is 28.4. The number of hydrogen-bond donors (Lipinski definition) is 0. The van der Waals surface area contributed by atoms with Gasteiger partial charge in [0.05, 0.1) is 0 Å². The van der Waals surface area contributed by atoms with Gasteiger partial charge in [-0.05, 0) is 67.7 Å². The molecule has 1 aromatic rings. The molecule has 0 N–H and O–H groups in total. The van der Waals surface area contributed by atoms with Gasteiger partial charge < -0.3 is 4.43 Å². The van der Waals surface area contributed by atoms with Crippen LogP contribution >= 0.6 is 0 Å². The molecule has 0 atom stereocenters. The van der Waals surface area contributed by atoms with Gasteiger partial charge in [-0.25, -0.2) is 0 Å². The largest absolute Gasteiger partial charge is 0.543 e. The van der Waals surface area contributed by atoms with Crippen molar-refractivity contribution in [2.45, 2.75) is 52.8 Å². The highest BCUT2D eigenvalue weighted by molar-refractivity contribution is 6.74. The first-order valence-corrected chi connectivity index (χ1v) is 9.01. The van der Waals surface area contributed by atoms with Gasteiger partial charge >= 0.3 is 0 Å². The summed E-state index contributed by atoms with van der Waals surface area (Å²) >= 11 is 0. The molecule has 1 aromatic carbocycles. The van der Waals surface area contributed by atoms with Crippen molar-refractivity contribution in [2.24, 2.45) is 0 Å². The van der Waals surface area contributed by atoms with E-state index in [-0.39, 0.29) is 5.04 Å². The van der Waals surface area contributed by atoms with Crippen molar-refractivity contribution in [2.75, 3.05) is 0 Å². The van der Waals surface area contributed by atoms with E-state index in [0.717, 1.165) is 22.4 Å². The predicted octanol–water partition coefficient (Wildman–Crippen LogP) is 4.75. The summed E-state index contributed by atoms with van der Waals surface area (Å²) < 4.78 is 6.27. The molecule has 0 amide bonds. The van der Waals surface area contributed by atoms with Crippen molar-refractivity contribution in [1.29, 1.82) is 0 Å². The summed E-state index contributed by atoms with van der Waals surface area (Å²) in [5, 5.41) is 0.218. The van der Waals surface area contributed by atoms with E-state index >= 15 is 0 Å². The van der Waals surface area contributed by atoms with Crippen LogP contribution in [-0.4, -0.2) is 8.32 Å². The summed E-state index contributed by atoms with van der Waals surface area (Å²) in [4.78, 5) is 0. The Kier molecular flexibility index (Phi) is 3.77. The first kappa shape index (κ1) is 14.3. The molecule has 0 saturated carbocycles. The van der Waals surface area contributed by atoms with Crippen LogP contribution in [0.1, 0.15) is 37.5 Å². The molecular formula is C15H24OSi. The zero-order chi connectivity index (χ0) is 13.4.